The van der Waals surface area contributed by atoms with Gasteiger partial charge in [-0.15, -0.1) is 0 Å². The predicted octanol–water partition coefficient (Wildman–Crippen LogP) is 2.47. The highest BCUT2D eigenvalue weighted by atomic mass is 16.5. The Morgan fingerprint density at radius 1 is 1.04 bits per heavy atom. The van der Waals surface area contributed by atoms with E-state index >= 15 is 0 Å². The Bertz CT molecular complexity index is 674. The standard InChI is InChI=1S/C19H20N2O2/c22-18-11-16(20-12-14-7-3-1-4-8-14)17-13-23-19(21(17)18)15-9-5-2-6-10-15/h1-10,16-17,19-20H,11-13H2/t16-,17-,19+/m0/s1. The molecule has 0 bridgehead atoms. The highest BCUT2D eigenvalue weighted by Gasteiger charge is 2.48. The second-order valence-electron chi connectivity index (χ2n) is 6.14. The van der Waals surface area contributed by atoms with E-state index in [9.17, 15) is 4.79 Å². The highest BCUT2D eigenvalue weighted by Crippen LogP contribution is 2.37. The van der Waals surface area contributed by atoms with Gasteiger partial charge in [0, 0.05) is 24.6 Å². The van der Waals surface area contributed by atoms with E-state index in [2.05, 4.69) is 17.4 Å². The van der Waals surface area contributed by atoms with Crippen molar-refractivity contribution in [3.05, 3.63) is 71.8 Å². The molecule has 23 heavy (non-hydrogen) atoms. The zero-order valence-corrected chi connectivity index (χ0v) is 12.9. The molecular formula is C19H20N2O2. The summed E-state index contributed by atoms with van der Waals surface area (Å²) in [6.07, 6.45) is 0.307. The second-order valence-corrected chi connectivity index (χ2v) is 6.14. The average molecular weight is 308 g/mol. The summed E-state index contributed by atoms with van der Waals surface area (Å²) in [5.41, 5.74) is 2.28. The van der Waals surface area contributed by atoms with Crippen LogP contribution in [-0.2, 0) is 16.1 Å². The van der Waals surface area contributed by atoms with Gasteiger partial charge in [0.2, 0.25) is 5.91 Å². The minimum Gasteiger partial charge on any atom is -0.352 e. The van der Waals surface area contributed by atoms with Crippen molar-refractivity contribution >= 4 is 5.91 Å². The van der Waals surface area contributed by atoms with E-state index < -0.39 is 0 Å². The van der Waals surface area contributed by atoms with Crippen LogP contribution >= 0.6 is 0 Å². The number of benzene rings is 2. The Kier molecular flexibility index (Phi) is 3.85. The molecule has 2 saturated heterocycles. The van der Waals surface area contributed by atoms with Crippen molar-refractivity contribution in [2.24, 2.45) is 0 Å². The number of carbonyl (C=O) groups is 1. The minimum atomic E-state index is -0.239. The van der Waals surface area contributed by atoms with Crippen LogP contribution in [0.4, 0.5) is 0 Å². The number of amides is 1. The number of hydrogen-bond donors (Lipinski definition) is 1. The average Bonchev–Trinajstić information content (AvgIpc) is 3.17. The quantitative estimate of drug-likeness (QED) is 0.943. The Morgan fingerprint density at radius 3 is 2.48 bits per heavy atom. The zero-order chi connectivity index (χ0) is 15.6. The number of fused-ring (bicyclic) bond motifs is 1. The van der Waals surface area contributed by atoms with E-state index in [1.807, 2.05) is 53.4 Å². The third kappa shape index (κ3) is 2.76. The highest BCUT2D eigenvalue weighted by molar-refractivity contribution is 5.80. The van der Waals surface area contributed by atoms with Crippen molar-refractivity contribution in [3.63, 3.8) is 0 Å². The van der Waals surface area contributed by atoms with Gasteiger partial charge in [-0.2, -0.15) is 0 Å². The lowest BCUT2D eigenvalue weighted by Gasteiger charge is -2.24. The molecule has 2 aromatic carbocycles. The van der Waals surface area contributed by atoms with Gasteiger partial charge in [-0.25, -0.2) is 0 Å². The Labute approximate surface area is 136 Å². The normalized spacial score (nSPS) is 26.5. The van der Waals surface area contributed by atoms with Crippen LogP contribution in [0, 0.1) is 0 Å². The van der Waals surface area contributed by atoms with Crippen molar-refractivity contribution in [2.45, 2.75) is 31.3 Å². The molecule has 4 rings (SSSR count). The summed E-state index contributed by atoms with van der Waals surface area (Å²) in [5, 5.41) is 3.53. The molecule has 1 amide bonds. The molecule has 4 heteroatoms. The van der Waals surface area contributed by atoms with Gasteiger partial charge < -0.3 is 15.0 Å². The molecule has 0 saturated carbocycles. The molecule has 1 N–H and O–H groups in total. The topological polar surface area (TPSA) is 41.6 Å². The lowest BCUT2D eigenvalue weighted by atomic mass is 10.1. The molecule has 118 valence electrons. The number of hydrogen-bond acceptors (Lipinski definition) is 3. The van der Waals surface area contributed by atoms with E-state index in [0.29, 0.717) is 13.0 Å². The summed E-state index contributed by atoms with van der Waals surface area (Å²) in [6, 6.07) is 20.5. The van der Waals surface area contributed by atoms with Gasteiger partial charge in [0.15, 0.2) is 6.23 Å². The van der Waals surface area contributed by atoms with Gasteiger partial charge in [0.1, 0.15) is 0 Å². The second kappa shape index (κ2) is 6.14. The number of nitrogens with one attached hydrogen (secondary N) is 1. The first-order valence-corrected chi connectivity index (χ1v) is 8.08. The summed E-state index contributed by atoms with van der Waals surface area (Å²) < 4.78 is 5.92. The maximum atomic E-state index is 12.5. The van der Waals surface area contributed by atoms with Crippen molar-refractivity contribution in [2.75, 3.05) is 6.61 Å². The van der Waals surface area contributed by atoms with Crippen LogP contribution in [0.25, 0.3) is 0 Å². The molecule has 2 aliphatic rings. The zero-order valence-electron chi connectivity index (χ0n) is 12.9. The van der Waals surface area contributed by atoms with Crippen LogP contribution < -0.4 is 5.32 Å². The van der Waals surface area contributed by atoms with Crippen molar-refractivity contribution in [3.8, 4) is 0 Å². The molecule has 2 fully saturated rings. The number of carbonyl (C=O) groups excluding carboxylic acids is 1. The van der Waals surface area contributed by atoms with Crippen LogP contribution in [-0.4, -0.2) is 29.5 Å². The van der Waals surface area contributed by atoms with Crippen molar-refractivity contribution in [1.82, 2.24) is 10.2 Å². The van der Waals surface area contributed by atoms with Gasteiger partial charge in [0.05, 0.1) is 12.6 Å². The van der Waals surface area contributed by atoms with Crippen LogP contribution in [0.3, 0.4) is 0 Å². The van der Waals surface area contributed by atoms with E-state index in [1.54, 1.807) is 0 Å². The summed E-state index contributed by atoms with van der Waals surface area (Å²) in [7, 11) is 0. The number of ether oxygens (including phenoxy) is 1. The third-order valence-corrected chi connectivity index (χ3v) is 4.68. The molecule has 4 nitrogen and oxygen atoms in total. The Balaban J connectivity index is 1.46. The fraction of sp³-hybridized carbons (Fsp3) is 0.316. The maximum Gasteiger partial charge on any atom is 0.226 e. The van der Waals surface area contributed by atoms with Crippen molar-refractivity contribution in [1.29, 1.82) is 0 Å². The molecule has 0 unspecified atom stereocenters. The van der Waals surface area contributed by atoms with Gasteiger partial charge >= 0.3 is 0 Å². The van der Waals surface area contributed by atoms with Gasteiger partial charge in [-0.3, -0.25) is 4.79 Å². The molecule has 0 spiro atoms. The first-order valence-electron chi connectivity index (χ1n) is 8.08. The summed E-state index contributed by atoms with van der Waals surface area (Å²) in [6.45, 7) is 1.37. The molecule has 0 aromatic heterocycles. The van der Waals surface area contributed by atoms with Crippen LogP contribution in [0.1, 0.15) is 23.8 Å². The van der Waals surface area contributed by atoms with Crippen molar-refractivity contribution < 1.29 is 9.53 Å². The van der Waals surface area contributed by atoms with Gasteiger partial charge in [-0.1, -0.05) is 60.7 Å². The lowest BCUT2D eigenvalue weighted by Crippen LogP contribution is -2.41. The largest absolute Gasteiger partial charge is 0.352 e. The molecular weight excluding hydrogens is 288 g/mol. The Hall–Kier alpha value is -2.17. The smallest absolute Gasteiger partial charge is 0.226 e. The van der Waals surface area contributed by atoms with Crippen LogP contribution in [0.2, 0.25) is 0 Å². The molecule has 3 atom stereocenters. The summed E-state index contributed by atoms with van der Waals surface area (Å²) >= 11 is 0. The first-order chi connectivity index (χ1) is 11.3. The Morgan fingerprint density at radius 2 is 1.74 bits per heavy atom. The maximum absolute atomic E-state index is 12.5. The van der Waals surface area contributed by atoms with E-state index in [-0.39, 0.29) is 24.2 Å². The van der Waals surface area contributed by atoms with E-state index in [4.69, 9.17) is 4.74 Å². The minimum absolute atomic E-state index is 0.122. The fourth-order valence-electron chi connectivity index (χ4n) is 3.51. The third-order valence-electron chi connectivity index (χ3n) is 4.68. The first kappa shape index (κ1) is 14.4. The summed E-state index contributed by atoms with van der Waals surface area (Å²) in [4.78, 5) is 14.4. The van der Waals surface area contributed by atoms with Gasteiger partial charge in [0.25, 0.3) is 0 Å². The van der Waals surface area contributed by atoms with E-state index in [0.717, 1.165) is 12.1 Å². The molecule has 0 radical (unpaired) electrons. The van der Waals surface area contributed by atoms with Crippen LogP contribution in [0.5, 0.6) is 0 Å². The predicted molar refractivity (Wildman–Crippen MR) is 87.5 cm³/mol. The van der Waals surface area contributed by atoms with Crippen LogP contribution in [0.15, 0.2) is 60.7 Å². The molecule has 2 heterocycles. The molecule has 0 aliphatic carbocycles. The molecule has 2 aromatic rings. The van der Waals surface area contributed by atoms with Gasteiger partial charge in [-0.05, 0) is 5.56 Å². The summed E-state index contributed by atoms with van der Waals surface area (Å²) in [5.74, 6) is 0.173. The van der Waals surface area contributed by atoms with E-state index in [1.165, 1.54) is 5.56 Å². The fourth-order valence-corrected chi connectivity index (χ4v) is 3.51. The lowest BCUT2D eigenvalue weighted by molar-refractivity contribution is -0.134. The SMILES string of the molecule is O=C1C[C@H](NCc2ccccc2)[C@@H]2CO[C@H](c3ccccc3)N12. The number of nitrogens with zero attached hydrogens (tertiary/aromatic N) is 1. The monoisotopic (exact) mass is 308 g/mol. The number of rotatable bonds is 4. The molecule has 2 aliphatic heterocycles.